The summed E-state index contributed by atoms with van der Waals surface area (Å²) in [7, 11) is 0. The first-order valence-electron chi connectivity index (χ1n) is 6.14. The summed E-state index contributed by atoms with van der Waals surface area (Å²) in [6.07, 6.45) is -4.71. The Morgan fingerprint density at radius 2 is 1.81 bits per heavy atom. The van der Waals surface area contributed by atoms with Gasteiger partial charge in [0.05, 0.1) is 6.04 Å². The number of hydrogen-bond donors (Lipinski definition) is 1. The summed E-state index contributed by atoms with van der Waals surface area (Å²) in [4.78, 5) is 0. The third-order valence-corrected chi connectivity index (χ3v) is 4.48. The molecule has 0 spiro atoms. The molecule has 1 atom stereocenters. The Hall–Kier alpha value is -1.28. The minimum absolute atomic E-state index is 0.266. The average Bonchev–Trinajstić information content (AvgIpc) is 2.39. The smallest absolute Gasteiger partial charge is 0.406 e. The number of halogens is 4. The Bertz CT molecular complexity index is 643. The highest BCUT2D eigenvalue weighted by molar-refractivity contribution is 14.1. The number of ether oxygens (including phenoxy) is 1. The van der Waals surface area contributed by atoms with E-state index in [-0.39, 0.29) is 5.75 Å². The zero-order valence-electron chi connectivity index (χ0n) is 11.1. The van der Waals surface area contributed by atoms with E-state index in [9.17, 15) is 13.2 Å². The first kappa shape index (κ1) is 16.1. The Morgan fingerprint density at radius 3 is 2.48 bits per heavy atom. The van der Waals surface area contributed by atoms with Gasteiger partial charge < -0.3 is 10.5 Å². The van der Waals surface area contributed by atoms with Crippen LogP contribution in [0.1, 0.15) is 22.7 Å². The van der Waals surface area contributed by atoms with Crippen molar-refractivity contribution in [3.63, 3.8) is 0 Å². The van der Waals surface area contributed by atoms with Crippen molar-refractivity contribution < 1.29 is 17.9 Å². The first-order valence-corrected chi connectivity index (χ1v) is 7.22. The van der Waals surface area contributed by atoms with Gasteiger partial charge in [-0.05, 0) is 58.3 Å². The summed E-state index contributed by atoms with van der Waals surface area (Å²) < 4.78 is 41.7. The molecule has 0 radical (unpaired) electrons. The maximum atomic E-state index is 12.3. The molecule has 21 heavy (non-hydrogen) atoms. The van der Waals surface area contributed by atoms with Crippen LogP contribution in [0.4, 0.5) is 13.2 Å². The fraction of sp³-hybridized carbons (Fsp3) is 0.200. The van der Waals surface area contributed by atoms with E-state index in [0.29, 0.717) is 5.56 Å². The highest BCUT2D eigenvalue weighted by atomic mass is 127. The van der Waals surface area contributed by atoms with E-state index >= 15 is 0 Å². The molecule has 2 N–H and O–H groups in total. The lowest BCUT2D eigenvalue weighted by Crippen LogP contribution is -2.18. The van der Waals surface area contributed by atoms with Crippen molar-refractivity contribution in [3.05, 3.63) is 62.7 Å². The Morgan fingerprint density at radius 1 is 1.14 bits per heavy atom. The Kier molecular flexibility index (Phi) is 4.77. The van der Waals surface area contributed by atoms with Crippen LogP contribution in [0.3, 0.4) is 0 Å². The molecule has 0 bridgehead atoms. The lowest BCUT2D eigenvalue weighted by atomic mass is 9.98. The minimum atomic E-state index is -4.71. The Labute approximate surface area is 134 Å². The summed E-state index contributed by atoms with van der Waals surface area (Å²) in [5, 5.41) is 0. The SMILES string of the molecule is Cc1cccc(C(N)c2cccc(OC(F)(F)F)c2)c1I. The maximum Gasteiger partial charge on any atom is 0.573 e. The molecule has 0 aliphatic carbocycles. The number of benzene rings is 2. The quantitative estimate of drug-likeness (QED) is 0.759. The van der Waals surface area contributed by atoms with Crippen molar-refractivity contribution in [1.82, 2.24) is 0 Å². The summed E-state index contributed by atoms with van der Waals surface area (Å²) in [5.41, 5.74) is 8.70. The van der Waals surface area contributed by atoms with E-state index in [1.165, 1.54) is 18.2 Å². The van der Waals surface area contributed by atoms with E-state index in [1.54, 1.807) is 6.07 Å². The van der Waals surface area contributed by atoms with E-state index in [2.05, 4.69) is 27.3 Å². The van der Waals surface area contributed by atoms with Crippen molar-refractivity contribution in [3.8, 4) is 5.75 Å². The van der Waals surface area contributed by atoms with Gasteiger partial charge in [0.25, 0.3) is 0 Å². The third-order valence-electron chi connectivity index (χ3n) is 3.01. The van der Waals surface area contributed by atoms with Crippen LogP contribution >= 0.6 is 22.6 Å². The van der Waals surface area contributed by atoms with Crippen LogP contribution < -0.4 is 10.5 Å². The van der Waals surface area contributed by atoms with Crippen LogP contribution in [0.15, 0.2) is 42.5 Å². The summed E-state index contributed by atoms with van der Waals surface area (Å²) >= 11 is 2.19. The van der Waals surface area contributed by atoms with Crippen molar-refractivity contribution >= 4 is 22.6 Å². The lowest BCUT2D eigenvalue weighted by molar-refractivity contribution is -0.274. The molecule has 2 aromatic carbocycles. The highest BCUT2D eigenvalue weighted by Crippen LogP contribution is 2.30. The zero-order valence-corrected chi connectivity index (χ0v) is 13.3. The van der Waals surface area contributed by atoms with Gasteiger partial charge in [-0.15, -0.1) is 13.2 Å². The summed E-state index contributed by atoms with van der Waals surface area (Å²) in [6.45, 7) is 1.96. The molecule has 0 aromatic heterocycles. The molecule has 0 heterocycles. The van der Waals surface area contributed by atoms with Crippen LogP contribution in [0.25, 0.3) is 0 Å². The summed E-state index contributed by atoms with van der Waals surface area (Å²) in [6, 6.07) is 11.0. The van der Waals surface area contributed by atoms with Crippen LogP contribution in [0.5, 0.6) is 5.75 Å². The molecule has 2 aromatic rings. The van der Waals surface area contributed by atoms with Crippen molar-refractivity contribution in [2.75, 3.05) is 0 Å². The molecule has 0 saturated heterocycles. The normalized spacial score (nSPS) is 13.0. The molecule has 0 aliphatic rings. The average molecular weight is 407 g/mol. The number of rotatable bonds is 3. The van der Waals surface area contributed by atoms with Gasteiger partial charge in [0.1, 0.15) is 5.75 Å². The van der Waals surface area contributed by atoms with Crippen molar-refractivity contribution in [1.29, 1.82) is 0 Å². The van der Waals surface area contributed by atoms with Gasteiger partial charge in [-0.25, -0.2) is 0 Å². The largest absolute Gasteiger partial charge is 0.573 e. The number of nitrogens with two attached hydrogens (primary N) is 1. The fourth-order valence-electron chi connectivity index (χ4n) is 1.99. The molecular weight excluding hydrogens is 394 g/mol. The van der Waals surface area contributed by atoms with Crippen molar-refractivity contribution in [2.45, 2.75) is 19.3 Å². The van der Waals surface area contributed by atoms with E-state index in [4.69, 9.17) is 5.73 Å². The van der Waals surface area contributed by atoms with Gasteiger partial charge in [0.2, 0.25) is 0 Å². The molecular formula is C15H13F3INO. The Balaban J connectivity index is 2.33. The van der Waals surface area contributed by atoms with E-state index in [1.807, 2.05) is 25.1 Å². The second kappa shape index (κ2) is 6.23. The number of alkyl halides is 3. The van der Waals surface area contributed by atoms with E-state index < -0.39 is 12.4 Å². The highest BCUT2D eigenvalue weighted by Gasteiger charge is 2.31. The number of hydrogen-bond acceptors (Lipinski definition) is 2. The second-order valence-electron chi connectivity index (χ2n) is 4.58. The molecule has 2 nitrogen and oxygen atoms in total. The monoisotopic (exact) mass is 407 g/mol. The van der Waals surface area contributed by atoms with Crippen LogP contribution in [-0.4, -0.2) is 6.36 Å². The topological polar surface area (TPSA) is 35.2 Å². The van der Waals surface area contributed by atoms with Gasteiger partial charge in [-0.2, -0.15) is 0 Å². The minimum Gasteiger partial charge on any atom is -0.406 e. The predicted octanol–water partition coefficient (Wildman–Crippen LogP) is 4.55. The lowest BCUT2D eigenvalue weighted by Gasteiger charge is -2.17. The molecule has 0 fully saturated rings. The van der Waals surface area contributed by atoms with Gasteiger partial charge in [-0.1, -0.05) is 30.3 Å². The fourth-order valence-corrected chi connectivity index (χ4v) is 2.69. The summed E-state index contributed by atoms with van der Waals surface area (Å²) in [5.74, 6) is -0.266. The zero-order chi connectivity index (χ0) is 15.6. The molecule has 0 aliphatic heterocycles. The van der Waals surface area contributed by atoms with Crippen LogP contribution in [-0.2, 0) is 0 Å². The number of aryl methyl sites for hydroxylation is 1. The maximum absolute atomic E-state index is 12.3. The van der Waals surface area contributed by atoms with Gasteiger partial charge in [0, 0.05) is 3.57 Å². The van der Waals surface area contributed by atoms with Gasteiger partial charge in [-0.3, -0.25) is 0 Å². The molecule has 112 valence electrons. The standard InChI is InChI=1S/C15H13F3INO/c1-9-4-2-7-12(13(9)19)14(20)10-5-3-6-11(8-10)21-15(16,17)18/h2-8,14H,20H2,1H3. The van der Waals surface area contributed by atoms with Gasteiger partial charge >= 0.3 is 6.36 Å². The van der Waals surface area contributed by atoms with Crippen LogP contribution in [0, 0.1) is 10.5 Å². The molecule has 6 heteroatoms. The molecule has 0 saturated carbocycles. The first-order chi connectivity index (χ1) is 9.78. The van der Waals surface area contributed by atoms with E-state index in [0.717, 1.165) is 14.7 Å². The molecule has 2 rings (SSSR count). The predicted molar refractivity (Wildman–Crippen MR) is 83.1 cm³/mol. The van der Waals surface area contributed by atoms with Crippen LogP contribution in [0.2, 0.25) is 0 Å². The molecule has 0 amide bonds. The van der Waals surface area contributed by atoms with Crippen molar-refractivity contribution in [2.24, 2.45) is 5.73 Å². The van der Waals surface area contributed by atoms with Gasteiger partial charge in [0.15, 0.2) is 0 Å². The second-order valence-corrected chi connectivity index (χ2v) is 5.65. The third kappa shape index (κ3) is 4.10. The molecule has 1 unspecified atom stereocenters.